The van der Waals surface area contributed by atoms with E-state index >= 15 is 0 Å². The molecule has 0 aromatic heterocycles. The molecule has 1 aromatic carbocycles. The summed E-state index contributed by atoms with van der Waals surface area (Å²) in [5, 5.41) is 0. The fourth-order valence-electron chi connectivity index (χ4n) is 1.96. The number of hydrogen-bond acceptors (Lipinski definition) is 3. The van der Waals surface area contributed by atoms with Crippen molar-refractivity contribution in [2.24, 2.45) is 11.7 Å². The van der Waals surface area contributed by atoms with Gasteiger partial charge in [0.2, 0.25) is 0 Å². The van der Waals surface area contributed by atoms with Crippen molar-refractivity contribution in [3.05, 3.63) is 29.3 Å². The molecule has 1 aromatic rings. The van der Waals surface area contributed by atoms with E-state index in [0.29, 0.717) is 18.3 Å². The smallest absolute Gasteiger partial charge is 0.123 e. The third-order valence-corrected chi connectivity index (χ3v) is 4.97. The van der Waals surface area contributed by atoms with E-state index in [1.165, 1.54) is 0 Å². The van der Waals surface area contributed by atoms with Crippen molar-refractivity contribution in [1.29, 1.82) is 0 Å². The number of nitrogens with two attached hydrogens (primary N) is 1. The van der Waals surface area contributed by atoms with Crippen LogP contribution in [0, 0.1) is 5.92 Å². The SMILES string of the molecule is CCOc1ccc(C(C)N)cc1CS(=O)CC(C)CC. The van der Waals surface area contributed by atoms with E-state index in [1.807, 2.05) is 32.0 Å². The predicted molar refractivity (Wildman–Crippen MR) is 86.4 cm³/mol. The highest BCUT2D eigenvalue weighted by Crippen LogP contribution is 2.24. The van der Waals surface area contributed by atoms with Crippen LogP contribution in [0.25, 0.3) is 0 Å². The van der Waals surface area contributed by atoms with E-state index < -0.39 is 10.8 Å². The van der Waals surface area contributed by atoms with Gasteiger partial charge in [-0.3, -0.25) is 4.21 Å². The van der Waals surface area contributed by atoms with Crippen molar-refractivity contribution in [2.45, 2.75) is 45.9 Å². The first-order valence-corrected chi connectivity index (χ1v) is 8.82. The lowest BCUT2D eigenvalue weighted by Crippen LogP contribution is -2.11. The maximum atomic E-state index is 12.2. The molecule has 0 heterocycles. The second-order valence-corrected chi connectivity index (χ2v) is 6.85. The number of benzene rings is 1. The van der Waals surface area contributed by atoms with Crippen molar-refractivity contribution in [3.8, 4) is 5.75 Å². The molecule has 3 unspecified atom stereocenters. The van der Waals surface area contributed by atoms with Crippen molar-refractivity contribution < 1.29 is 8.95 Å². The Balaban J connectivity index is 2.89. The highest BCUT2D eigenvalue weighted by molar-refractivity contribution is 7.84. The Labute approximate surface area is 125 Å². The van der Waals surface area contributed by atoms with E-state index in [9.17, 15) is 4.21 Å². The van der Waals surface area contributed by atoms with Crippen LogP contribution in [0.15, 0.2) is 18.2 Å². The lowest BCUT2D eigenvalue weighted by molar-refractivity contribution is 0.337. The first-order valence-electron chi connectivity index (χ1n) is 7.34. The van der Waals surface area contributed by atoms with Crippen LogP contribution >= 0.6 is 0 Å². The zero-order valence-electron chi connectivity index (χ0n) is 13.0. The van der Waals surface area contributed by atoms with E-state index in [-0.39, 0.29) is 6.04 Å². The molecule has 3 nitrogen and oxygen atoms in total. The molecular formula is C16H27NO2S. The van der Waals surface area contributed by atoms with Gasteiger partial charge < -0.3 is 10.5 Å². The Morgan fingerprint density at radius 3 is 2.55 bits per heavy atom. The third kappa shape index (κ3) is 5.25. The second kappa shape index (κ2) is 8.42. The Hall–Kier alpha value is -0.870. The predicted octanol–water partition coefficient (Wildman–Crippen LogP) is 3.40. The van der Waals surface area contributed by atoms with Gasteiger partial charge in [-0.25, -0.2) is 0 Å². The van der Waals surface area contributed by atoms with Gasteiger partial charge in [-0.1, -0.05) is 26.3 Å². The molecule has 0 fully saturated rings. The summed E-state index contributed by atoms with van der Waals surface area (Å²) in [7, 11) is -0.857. The van der Waals surface area contributed by atoms with Crippen molar-refractivity contribution in [3.63, 3.8) is 0 Å². The Morgan fingerprint density at radius 2 is 2.00 bits per heavy atom. The first-order chi connectivity index (χ1) is 9.47. The van der Waals surface area contributed by atoms with Crippen molar-refractivity contribution in [1.82, 2.24) is 0 Å². The van der Waals surface area contributed by atoms with Crippen molar-refractivity contribution >= 4 is 10.8 Å². The number of ether oxygens (including phenoxy) is 1. The molecule has 0 saturated carbocycles. The van der Waals surface area contributed by atoms with Gasteiger partial charge in [0.05, 0.1) is 12.4 Å². The Kier molecular flexibility index (Phi) is 7.24. The molecule has 0 saturated heterocycles. The van der Waals surface area contributed by atoms with Gasteiger partial charge in [-0.05, 0) is 37.5 Å². The lowest BCUT2D eigenvalue weighted by atomic mass is 10.1. The average Bonchev–Trinajstić information content (AvgIpc) is 2.40. The summed E-state index contributed by atoms with van der Waals surface area (Å²) in [4.78, 5) is 0. The number of rotatable bonds is 8. The molecule has 0 spiro atoms. The summed E-state index contributed by atoms with van der Waals surface area (Å²) in [6.45, 7) is 8.79. The van der Waals surface area contributed by atoms with Crippen LogP contribution in [0.3, 0.4) is 0 Å². The fraction of sp³-hybridized carbons (Fsp3) is 0.625. The number of hydrogen-bond donors (Lipinski definition) is 1. The molecule has 0 aliphatic heterocycles. The van der Waals surface area contributed by atoms with Crippen LogP contribution in [0.4, 0.5) is 0 Å². The zero-order chi connectivity index (χ0) is 15.1. The molecule has 2 N–H and O–H groups in total. The Morgan fingerprint density at radius 1 is 1.30 bits per heavy atom. The summed E-state index contributed by atoms with van der Waals surface area (Å²) < 4.78 is 17.9. The molecular weight excluding hydrogens is 270 g/mol. The van der Waals surface area contributed by atoms with Gasteiger partial charge >= 0.3 is 0 Å². The first kappa shape index (κ1) is 17.2. The molecule has 114 valence electrons. The highest BCUT2D eigenvalue weighted by Gasteiger charge is 2.12. The normalized spacial score (nSPS) is 15.7. The van der Waals surface area contributed by atoms with Crippen molar-refractivity contribution in [2.75, 3.05) is 12.4 Å². The maximum absolute atomic E-state index is 12.2. The van der Waals surface area contributed by atoms with Crippen LogP contribution in [0.5, 0.6) is 5.75 Å². The Bertz CT molecular complexity index is 446. The van der Waals surface area contributed by atoms with Gasteiger partial charge in [0.1, 0.15) is 5.75 Å². The largest absolute Gasteiger partial charge is 0.494 e. The molecule has 0 amide bonds. The standard InChI is InChI=1S/C16H27NO2S/c1-5-12(3)10-20(18)11-15-9-14(13(4)17)7-8-16(15)19-6-2/h7-9,12-13H,5-6,10-11,17H2,1-4H3. The van der Waals surface area contributed by atoms with E-state index in [0.717, 1.165) is 29.1 Å². The summed E-state index contributed by atoms with van der Waals surface area (Å²) in [6.07, 6.45) is 1.06. The van der Waals surface area contributed by atoms with Crippen LogP contribution in [-0.4, -0.2) is 16.6 Å². The van der Waals surface area contributed by atoms with E-state index in [1.54, 1.807) is 0 Å². The fourth-order valence-corrected chi connectivity index (χ4v) is 3.52. The summed E-state index contributed by atoms with van der Waals surface area (Å²) in [6, 6.07) is 5.94. The van der Waals surface area contributed by atoms with Crippen LogP contribution in [0.1, 0.15) is 51.3 Å². The van der Waals surface area contributed by atoms with Gasteiger partial charge in [0, 0.05) is 28.2 Å². The minimum atomic E-state index is -0.857. The average molecular weight is 297 g/mol. The summed E-state index contributed by atoms with van der Waals surface area (Å²) >= 11 is 0. The van der Waals surface area contributed by atoms with Gasteiger partial charge in [-0.15, -0.1) is 0 Å². The molecule has 20 heavy (non-hydrogen) atoms. The zero-order valence-corrected chi connectivity index (χ0v) is 13.8. The molecule has 0 bridgehead atoms. The lowest BCUT2D eigenvalue weighted by Gasteiger charge is -2.15. The van der Waals surface area contributed by atoms with Gasteiger partial charge in [0.15, 0.2) is 0 Å². The molecule has 4 heteroatoms. The van der Waals surface area contributed by atoms with Gasteiger partial charge in [-0.2, -0.15) is 0 Å². The second-order valence-electron chi connectivity index (χ2n) is 5.35. The minimum Gasteiger partial charge on any atom is -0.494 e. The highest BCUT2D eigenvalue weighted by atomic mass is 32.2. The molecule has 3 atom stereocenters. The monoisotopic (exact) mass is 297 g/mol. The van der Waals surface area contributed by atoms with Crippen LogP contribution < -0.4 is 10.5 Å². The quantitative estimate of drug-likeness (QED) is 0.800. The summed E-state index contributed by atoms with van der Waals surface area (Å²) in [5.74, 6) is 2.60. The maximum Gasteiger partial charge on any atom is 0.123 e. The molecule has 0 radical (unpaired) electrons. The van der Waals surface area contributed by atoms with Crippen LogP contribution in [0.2, 0.25) is 0 Å². The topological polar surface area (TPSA) is 52.3 Å². The molecule has 0 aliphatic carbocycles. The minimum absolute atomic E-state index is 0.0209. The molecule has 0 aliphatic rings. The van der Waals surface area contributed by atoms with Gasteiger partial charge in [0.25, 0.3) is 0 Å². The summed E-state index contributed by atoms with van der Waals surface area (Å²) in [5.41, 5.74) is 7.99. The van der Waals surface area contributed by atoms with E-state index in [2.05, 4.69) is 13.8 Å². The van der Waals surface area contributed by atoms with E-state index in [4.69, 9.17) is 10.5 Å². The molecule has 1 rings (SSSR count). The van der Waals surface area contributed by atoms with Crippen LogP contribution in [-0.2, 0) is 16.6 Å². The third-order valence-electron chi connectivity index (χ3n) is 3.39.